The second-order valence-electron chi connectivity index (χ2n) is 8.61. The average molecular weight is 424 g/mol. The summed E-state index contributed by atoms with van der Waals surface area (Å²) in [5, 5.41) is 9.42. The molecule has 0 radical (unpaired) electrons. The van der Waals surface area contributed by atoms with E-state index in [0.717, 1.165) is 29.5 Å². The third-order valence-electron chi connectivity index (χ3n) is 5.24. The van der Waals surface area contributed by atoms with Gasteiger partial charge in [-0.1, -0.05) is 19.8 Å². The van der Waals surface area contributed by atoms with Crippen LogP contribution in [0.3, 0.4) is 0 Å². The van der Waals surface area contributed by atoms with Crippen LogP contribution in [0.15, 0.2) is 15.7 Å². The lowest BCUT2D eigenvalue weighted by molar-refractivity contribution is -0.200. The van der Waals surface area contributed by atoms with Crippen LogP contribution in [-0.4, -0.2) is 48.6 Å². The Labute approximate surface area is 170 Å². The van der Waals surface area contributed by atoms with Gasteiger partial charge in [-0.25, -0.2) is 4.79 Å². The highest BCUT2D eigenvalue weighted by molar-refractivity contribution is 6.71. The Bertz CT molecular complexity index is 902. The SMILES string of the molecule is CCCC[Si](C)(C)OC[C@H]1O[C@@H](n2c(C#N)cc(=O)[nH]c2=O)[C@@H]2OC(C)(C)O[C@@H]21. The number of fused-ring (bicyclic) bond motifs is 1. The van der Waals surface area contributed by atoms with Crippen LogP contribution < -0.4 is 11.2 Å². The van der Waals surface area contributed by atoms with Crippen molar-refractivity contribution in [2.24, 2.45) is 0 Å². The van der Waals surface area contributed by atoms with Crippen LogP contribution >= 0.6 is 0 Å². The number of hydrogen-bond donors (Lipinski definition) is 1. The molecule has 0 aliphatic carbocycles. The first-order chi connectivity index (χ1) is 13.6. The monoisotopic (exact) mass is 423 g/mol. The highest BCUT2D eigenvalue weighted by atomic mass is 28.4. The first-order valence-electron chi connectivity index (χ1n) is 9.98. The van der Waals surface area contributed by atoms with E-state index < -0.39 is 49.9 Å². The summed E-state index contributed by atoms with van der Waals surface area (Å²) in [7, 11) is -1.85. The lowest BCUT2D eigenvalue weighted by atomic mass is 10.1. The molecule has 2 fully saturated rings. The minimum absolute atomic E-state index is 0.0879. The normalized spacial score (nSPS) is 28.3. The highest BCUT2D eigenvalue weighted by Crippen LogP contribution is 2.43. The summed E-state index contributed by atoms with van der Waals surface area (Å²) in [6.07, 6.45) is -0.167. The van der Waals surface area contributed by atoms with Crippen molar-refractivity contribution in [3.63, 3.8) is 0 Å². The fourth-order valence-corrected chi connectivity index (χ4v) is 5.79. The Hall–Kier alpha value is -1.77. The number of ether oxygens (including phenoxy) is 3. The Morgan fingerprint density at radius 2 is 2.00 bits per heavy atom. The lowest BCUT2D eigenvalue weighted by Crippen LogP contribution is -2.39. The molecule has 0 bridgehead atoms. The van der Waals surface area contributed by atoms with E-state index in [0.29, 0.717) is 6.61 Å². The number of unbranched alkanes of at least 4 members (excludes halogenated alkanes) is 1. The maximum atomic E-state index is 12.5. The average Bonchev–Trinajstić information content (AvgIpc) is 3.11. The molecule has 1 aromatic rings. The molecule has 1 N–H and O–H groups in total. The zero-order chi connectivity index (χ0) is 21.4. The van der Waals surface area contributed by atoms with Crippen molar-refractivity contribution in [2.45, 2.75) is 83.1 Å². The molecule has 4 atom stereocenters. The van der Waals surface area contributed by atoms with Crippen molar-refractivity contribution in [1.82, 2.24) is 9.55 Å². The van der Waals surface area contributed by atoms with Gasteiger partial charge in [-0.05, 0) is 33.0 Å². The van der Waals surface area contributed by atoms with E-state index in [9.17, 15) is 14.9 Å². The summed E-state index contributed by atoms with van der Waals surface area (Å²) in [4.78, 5) is 26.2. The van der Waals surface area contributed by atoms with E-state index in [1.807, 2.05) is 6.07 Å². The summed E-state index contributed by atoms with van der Waals surface area (Å²) < 4.78 is 25.5. The number of rotatable bonds is 7. The molecule has 2 aliphatic heterocycles. The predicted molar refractivity (Wildman–Crippen MR) is 107 cm³/mol. The maximum Gasteiger partial charge on any atom is 0.331 e. The molecular formula is C19H29N3O6Si. The molecule has 0 aromatic carbocycles. The van der Waals surface area contributed by atoms with Crippen molar-refractivity contribution in [1.29, 1.82) is 5.26 Å². The molecule has 3 heterocycles. The van der Waals surface area contributed by atoms with E-state index >= 15 is 0 Å². The van der Waals surface area contributed by atoms with E-state index in [-0.39, 0.29) is 5.69 Å². The second kappa shape index (κ2) is 8.16. The van der Waals surface area contributed by atoms with Crippen LogP contribution in [0.25, 0.3) is 0 Å². The minimum atomic E-state index is -1.85. The van der Waals surface area contributed by atoms with Gasteiger partial charge in [-0.15, -0.1) is 0 Å². The fourth-order valence-electron chi connectivity index (χ4n) is 3.83. The van der Waals surface area contributed by atoms with Crippen LogP contribution in [0.5, 0.6) is 0 Å². The van der Waals surface area contributed by atoms with Crippen molar-refractivity contribution in [2.75, 3.05) is 6.61 Å². The Kier molecular flexibility index (Phi) is 6.17. The third-order valence-corrected chi connectivity index (χ3v) is 7.75. The van der Waals surface area contributed by atoms with E-state index in [1.54, 1.807) is 13.8 Å². The summed E-state index contributed by atoms with van der Waals surface area (Å²) in [6, 6.07) is 4.02. The van der Waals surface area contributed by atoms with Gasteiger partial charge < -0.3 is 18.6 Å². The third kappa shape index (κ3) is 4.70. The molecule has 9 nitrogen and oxygen atoms in total. The van der Waals surface area contributed by atoms with Gasteiger partial charge in [0.05, 0.1) is 6.61 Å². The van der Waals surface area contributed by atoms with Crippen LogP contribution in [-0.2, 0) is 18.6 Å². The summed E-state index contributed by atoms with van der Waals surface area (Å²) in [6.45, 7) is 10.4. The molecule has 0 amide bonds. The largest absolute Gasteiger partial charge is 0.415 e. The van der Waals surface area contributed by atoms with Gasteiger partial charge in [0.25, 0.3) is 5.56 Å². The molecule has 29 heavy (non-hydrogen) atoms. The topological polar surface area (TPSA) is 116 Å². The van der Waals surface area contributed by atoms with Crippen LogP contribution in [0.4, 0.5) is 0 Å². The number of hydrogen-bond acceptors (Lipinski definition) is 7. The van der Waals surface area contributed by atoms with Gasteiger partial charge in [0.15, 0.2) is 20.3 Å². The Morgan fingerprint density at radius 3 is 2.66 bits per heavy atom. The first kappa shape index (κ1) is 21.9. The molecule has 3 rings (SSSR count). The number of nitrogens with zero attached hydrogens (tertiary/aromatic N) is 2. The molecule has 160 valence electrons. The Morgan fingerprint density at radius 1 is 1.31 bits per heavy atom. The lowest BCUT2D eigenvalue weighted by Gasteiger charge is -2.28. The molecule has 2 aliphatic rings. The van der Waals surface area contributed by atoms with Crippen LogP contribution in [0.2, 0.25) is 19.1 Å². The van der Waals surface area contributed by atoms with E-state index in [4.69, 9.17) is 18.6 Å². The quantitative estimate of drug-likeness (QED) is 0.665. The number of nitrogens with one attached hydrogen (secondary N) is 1. The van der Waals surface area contributed by atoms with Gasteiger partial charge in [0.2, 0.25) is 0 Å². The van der Waals surface area contributed by atoms with Crippen molar-refractivity contribution in [3.8, 4) is 6.07 Å². The number of aromatic nitrogens is 2. The highest BCUT2D eigenvalue weighted by Gasteiger charge is 2.56. The van der Waals surface area contributed by atoms with Crippen molar-refractivity contribution < 1.29 is 18.6 Å². The van der Waals surface area contributed by atoms with Gasteiger partial charge >= 0.3 is 5.69 Å². The molecule has 0 unspecified atom stereocenters. The molecule has 10 heteroatoms. The molecule has 1 aromatic heterocycles. The number of nitriles is 1. The van der Waals surface area contributed by atoms with Crippen LogP contribution in [0.1, 0.15) is 45.5 Å². The molecule has 0 spiro atoms. The van der Waals surface area contributed by atoms with Crippen LogP contribution in [0, 0.1) is 11.3 Å². The standard InChI is InChI=1S/C19H29N3O6Si/c1-6-7-8-29(4,5)25-11-13-15-16(28-19(2,3)27-15)17(26-13)22-12(10-20)9-14(23)21-18(22)24/h9,13,15-17H,6-8,11H2,1-5H3,(H,21,23,24)/t13-,15-,16-,17-/m1/s1. The van der Waals surface area contributed by atoms with Crippen molar-refractivity contribution in [3.05, 3.63) is 32.6 Å². The maximum absolute atomic E-state index is 12.5. The number of H-pyrrole nitrogens is 1. The summed E-state index contributed by atoms with van der Waals surface area (Å²) in [5.74, 6) is -0.858. The zero-order valence-electron chi connectivity index (χ0n) is 17.6. The molecule has 2 saturated heterocycles. The number of aromatic amines is 1. The molecular weight excluding hydrogens is 394 g/mol. The van der Waals surface area contributed by atoms with Gasteiger partial charge in [0.1, 0.15) is 30.1 Å². The van der Waals surface area contributed by atoms with Gasteiger partial charge in [-0.3, -0.25) is 14.3 Å². The van der Waals surface area contributed by atoms with Gasteiger partial charge in [-0.2, -0.15) is 5.26 Å². The first-order valence-corrected chi connectivity index (χ1v) is 13.1. The smallest absolute Gasteiger partial charge is 0.331 e. The Balaban J connectivity index is 1.87. The zero-order valence-corrected chi connectivity index (χ0v) is 18.6. The fraction of sp³-hybridized carbons (Fsp3) is 0.737. The molecule has 0 saturated carbocycles. The van der Waals surface area contributed by atoms with E-state index in [2.05, 4.69) is 25.0 Å². The van der Waals surface area contributed by atoms with Crippen molar-refractivity contribution >= 4 is 8.32 Å². The second-order valence-corrected chi connectivity index (χ2v) is 12.9. The van der Waals surface area contributed by atoms with E-state index in [1.165, 1.54) is 0 Å². The summed E-state index contributed by atoms with van der Waals surface area (Å²) in [5.41, 5.74) is -1.44. The minimum Gasteiger partial charge on any atom is -0.415 e. The summed E-state index contributed by atoms with van der Waals surface area (Å²) >= 11 is 0. The van der Waals surface area contributed by atoms with Gasteiger partial charge in [0, 0.05) is 6.07 Å². The predicted octanol–water partition coefficient (Wildman–Crippen LogP) is 1.85.